The molecule has 88 valence electrons. The third-order valence-electron chi connectivity index (χ3n) is 2.46. The van der Waals surface area contributed by atoms with E-state index >= 15 is 0 Å². The van der Waals surface area contributed by atoms with Gasteiger partial charge < -0.3 is 5.32 Å². The van der Waals surface area contributed by atoms with Crippen LogP contribution in [-0.2, 0) is 6.54 Å². The lowest BCUT2D eigenvalue weighted by Crippen LogP contribution is -2.15. The Morgan fingerprint density at radius 1 is 1.31 bits per heavy atom. The van der Waals surface area contributed by atoms with Gasteiger partial charge in [0, 0.05) is 18.2 Å². The number of unbranched alkanes of at least 4 members (excludes halogenated alkanes) is 2. The zero-order valence-electron chi connectivity index (χ0n) is 9.61. The highest BCUT2D eigenvalue weighted by molar-refractivity contribution is 5.39. The summed E-state index contributed by atoms with van der Waals surface area (Å²) in [6, 6.07) is 6.86. The molecule has 0 spiro atoms. The van der Waals surface area contributed by atoms with Crippen LogP contribution in [0, 0.1) is 10.1 Å². The van der Waals surface area contributed by atoms with Crippen LogP contribution in [-0.4, -0.2) is 11.5 Å². The molecule has 4 nitrogen and oxygen atoms in total. The normalized spacial score (nSPS) is 10.3. The van der Waals surface area contributed by atoms with E-state index in [0.717, 1.165) is 18.5 Å². The minimum atomic E-state index is -0.330. The van der Waals surface area contributed by atoms with Crippen molar-refractivity contribution in [2.75, 3.05) is 6.54 Å². The van der Waals surface area contributed by atoms with Crippen molar-refractivity contribution >= 4 is 5.69 Å². The number of benzene rings is 1. The maximum absolute atomic E-state index is 10.7. The van der Waals surface area contributed by atoms with E-state index in [9.17, 15) is 10.1 Å². The molecule has 1 aromatic rings. The lowest BCUT2D eigenvalue weighted by Gasteiger charge is -2.04. The largest absolute Gasteiger partial charge is 0.312 e. The van der Waals surface area contributed by atoms with E-state index in [2.05, 4.69) is 12.2 Å². The van der Waals surface area contributed by atoms with Gasteiger partial charge in [-0.1, -0.05) is 38.0 Å². The fourth-order valence-electron chi connectivity index (χ4n) is 1.56. The van der Waals surface area contributed by atoms with Crippen molar-refractivity contribution in [1.82, 2.24) is 5.32 Å². The van der Waals surface area contributed by atoms with Crippen LogP contribution >= 0.6 is 0 Å². The lowest BCUT2D eigenvalue weighted by atomic mass is 10.2. The fourth-order valence-corrected chi connectivity index (χ4v) is 1.56. The molecule has 0 radical (unpaired) electrons. The van der Waals surface area contributed by atoms with Gasteiger partial charge in [0.2, 0.25) is 0 Å². The molecule has 4 heteroatoms. The Morgan fingerprint density at radius 2 is 2.06 bits per heavy atom. The summed E-state index contributed by atoms with van der Waals surface area (Å²) in [6.45, 7) is 3.64. The number of hydrogen-bond donors (Lipinski definition) is 1. The minimum Gasteiger partial charge on any atom is -0.312 e. The summed E-state index contributed by atoms with van der Waals surface area (Å²) >= 11 is 0. The molecule has 1 N–H and O–H groups in total. The predicted octanol–water partition coefficient (Wildman–Crippen LogP) is 2.87. The maximum Gasteiger partial charge on any atom is 0.273 e. The lowest BCUT2D eigenvalue weighted by molar-refractivity contribution is -0.385. The number of nitro benzene ring substituents is 1. The Hall–Kier alpha value is -1.42. The Bertz CT molecular complexity index is 340. The number of rotatable bonds is 7. The number of para-hydroxylation sites is 1. The molecule has 0 heterocycles. The zero-order chi connectivity index (χ0) is 11.8. The van der Waals surface area contributed by atoms with Gasteiger partial charge in [0.05, 0.1) is 4.92 Å². The monoisotopic (exact) mass is 222 g/mol. The van der Waals surface area contributed by atoms with Crippen LogP contribution in [0.4, 0.5) is 5.69 Å². The van der Waals surface area contributed by atoms with E-state index in [-0.39, 0.29) is 10.6 Å². The van der Waals surface area contributed by atoms with Crippen LogP contribution in [0.25, 0.3) is 0 Å². The van der Waals surface area contributed by atoms with Crippen molar-refractivity contribution < 1.29 is 4.92 Å². The summed E-state index contributed by atoms with van der Waals surface area (Å²) in [5, 5.41) is 14.0. The molecule has 0 aliphatic rings. The first-order chi connectivity index (χ1) is 7.75. The van der Waals surface area contributed by atoms with Gasteiger partial charge >= 0.3 is 0 Å². The Morgan fingerprint density at radius 3 is 2.75 bits per heavy atom. The molecule has 0 saturated heterocycles. The zero-order valence-corrected chi connectivity index (χ0v) is 9.61. The molecule has 0 atom stereocenters. The second-order valence-corrected chi connectivity index (χ2v) is 3.77. The van der Waals surface area contributed by atoms with Crippen LogP contribution in [0.15, 0.2) is 24.3 Å². The van der Waals surface area contributed by atoms with Crippen LogP contribution in [0.3, 0.4) is 0 Å². The topological polar surface area (TPSA) is 55.2 Å². The first kappa shape index (κ1) is 12.6. The summed E-state index contributed by atoms with van der Waals surface area (Å²) in [5.41, 5.74) is 0.953. The molecule has 0 aliphatic carbocycles. The summed E-state index contributed by atoms with van der Waals surface area (Å²) in [5.74, 6) is 0. The standard InChI is InChI=1S/C12H18N2O2/c1-2-3-6-9-13-10-11-7-4-5-8-12(11)14(15)16/h4-5,7-8,13H,2-3,6,9-10H2,1H3. The first-order valence-electron chi connectivity index (χ1n) is 5.68. The Kier molecular flexibility index (Phi) is 5.50. The molecule has 0 fully saturated rings. The van der Waals surface area contributed by atoms with Crippen molar-refractivity contribution in [3.8, 4) is 0 Å². The summed E-state index contributed by atoms with van der Waals surface area (Å²) in [6.07, 6.45) is 3.51. The second kappa shape index (κ2) is 6.95. The molecule has 0 bridgehead atoms. The quantitative estimate of drug-likeness (QED) is 0.438. The second-order valence-electron chi connectivity index (χ2n) is 3.77. The van der Waals surface area contributed by atoms with Crippen LogP contribution in [0.5, 0.6) is 0 Å². The van der Waals surface area contributed by atoms with Gasteiger partial charge in [-0.25, -0.2) is 0 Å². The summed E-state index contributed by atoms with van der Waals surface area (Å²) in [7, 11) is 0. The molecule has 1 rings (SSSR count). The van der Waals surface area contributed by atoms with Crippen LogP contribution in [0.1, 0.15) is 31.7 Å². The van der Waals surface area contributed by atoms with Gasteiger partial charge in [-0.05, 0) is 13.0 Å². The van der Waals surface area contributed by atoms with Gasteiger partial charge in [0.1, 0.15) is 0 Å². The van der Waals surface area contributed by atoms with E-state index in [1.165, 1.54) is 12.8 Å². The van der Waals surface area contributed by atoms with E-state index < -0.39 is 0 Å². The third kappa shape index (κ3) is 3.98. The van der Waals surface area contributed by atoms with Crippen molar-refractivity contribution in [3.63, 3.8) is 0 Å². The van der Waals surface area contributed by atoms with E-state index in [4.69, 9.17) is 0 Å². The molecule has 0 aliphatic heterocycles. The number of nitrogens with one attached hydrogen (secondary N) is 1. The smallest absolute Gasteiger partial charge is 0.273 e. The maximum atomic E-state index is 10.7. The summed E-state index contributed by atoms with van der Waals surface area (Å²) < 4.78 is 0. The number of hydrogen-bond acceptors (Lipinski definition) is 3. The minimum absolute atomic E-state index is 0.200. The highest BCUT2D eigenvalue weighted by Gasteiger charge is 2.10. The predicted molar refractivity (Wildman–Crippen MR) is 64.3 cm³/mol. The van der Waals surface area contributed by atoms with Gasteiger partial charge in [-0.3, -0.25) is 10.1 Å². The molecule has 0 saturated carbocycles. The van der Waals surface area contributed by atoms with Crippen LogP contribution < -0.4 is 5.32 Å². The highest BCUT2D eigenvalue weighted by Crippen LogP contribution is 2.16. The molecule has 0 aromatic heterocycles. The molecule has 0 unspecified atom stereocenters. The van der Waals surface area contributed by atoms with Crippen molar-refractivity contribution in [2.24, 2.45) is 0 Å². The van der Waals surface area contributed by atoms with Crippen molar-refractivity contribution in [3.05, 3.63) is 39.9 Å². The Labute approximate surface area is 95.8 Å². The van der Waals surface area contributed by atoms with Crippen molar-refractivity contribution in [2.45, 2.75) is 32.7 Å². The first-order valence-corrected chi connectivity index (χ1v) is 5.68. The summed E-state index contributed by atoms with van der Waals surface area (Å²) in [4.78, 5) is 10.4. The van der Waals surface area contributed by atoms with Gasteiger partial charge in [-0.15, -0.1) is 0 Å². The van der Waals surface area contributed by atoms with Gasteiger partial charge in [0.25, 0.3) is 5.69 Å². The van der Waals surface area contributed by atoms with E-state index in [0.29, 0.717) is 6.54 Å². The number of nitrogens with zero attached hydrogens (tertiary/aromatic N) is 1. The van der Waals surface area contributed by atoms with E-state index in [1.807, 2.05) is 6.07 Å². The molecule has 0 amide bonds. The number of nitro groups is 1. The SMILES string of the molecule is CCCCCNCc1ccccc1[N+](=O)[O-]. The average Bonchev–Trinajstić information content (AvgIpc) is 2.29. The van der Waals surface area contributed by atoms with E-state index in [1.54, 1.807) is 18.2 Å². The fraction of sp³-hybridized carbons (Fsp3) is 0.500. The van der Waals surface area contributed by atoms with Gasteiger partial charge in [-0.2, -0.15) is 0 Å². The van der Waals surface area contributed by atoms with Gasteiger partial charge in [0.15, 0.2) is 0 Å². The van der Waals surface area contributed by atoms with Crippen molar-refractivity contribution in [1.29, 1.82) is 0 Å². The molecule has 1 aromatic carbocycles. The average molecular weight is 222 g/mol. The highest BCUT2D eigenvalue weighted by atomic mass is 16.6. The van der Waals surface area contributed by atoms with Crippen LogP contribution in [0.2, 0.25) is 0 Å². The molecular weight excluding hydrogens is 204 g/mol. The molecule has 16 heavy (non-hydrogen) atoms. The third-order valence-corrected chi connectivity index (χ3v) is 2.46. The Balaban J connectivity index is 2.44. The molecular formula is C12H18N2O2.